The second-order valence-electron chi connectivity index (χ2n) is 14.0. The number of rotatable bonds is 5. The van der Waals surface area contributed by atoms with Gasteiger partial charge in [0.2, 0.25) is 0 Å². The molecule has 1 N–H and O–H groups in total. The number of piperidine rings is 1. The maximum Gasteiger partial charge on any atom is 0.410 e. The number of imidazole rings is 1. The quantitative estimate of drug-likeness (QED) is 0.447. The van der Waals surface area contributed by atoms with Crippen LogP contribution in [-0.2, 0) is 18.9 Å². The summed E-state index contributed by atoms with van der Waals surface area (Å²) in [4.78, 5) is 43.6. The number of nitrogens with zero attached hydrogens (tertiary/aromatic N) is 6. The largest absolute Gasteiger partial charge is 0.444 e. The molecule has 4 aliphatic rings. The van der Waals surface area contributed by atoms with Gasteiger partial charge in [0.15, 0.2) is 29.0 Å². The van der Waals surface area contributed by atoms with Gasteiger partial charge in [-0.2, -0.15) is 0 Å². The zero-order valence-electron chi connectivity index (χ0n) is 26.4. The first-order valence-corrected chi connectivity index (χ1v) is 15.7. The van der Waals surface area contributed by atoms with Crippen LogP contribution in [0, 0.1) is 0 Å². The van der Waals surface area contributed by atoms with Gasteiger partial charge in [-0.05, 0) is 66.0 Å². The number of benzene rings is 1. The Balaban J connectivity index is 1.08. The van der Waals surface area contributed by atoms with Crippen molar-refractivity contribution >= 4 is 29.0 Å². The highest BCUT2D eigenvalue weighted by Crippen LogP contribution is 2.45. The Morgan fingerprint density at radius 1 is 1.04 bits per heavy atom. The SMILES string of the molecule is CC(C)(C)OC(=O)N1CCCCC12CN(C[C@H]1O[C@@H](n3cnc4c(NC(=O)c5ccccc5)ncnc43)[C@@H]3OC(C)(C)O[C@@H]31)C2. The third kappa shape index (κ3) is 5.66. The summed E-state index contributed by atoms with van der Waals surface area (Å²) in [7, 11) is 0. The first-order valence-electron chi connectivity index (χ1n) is 15.7. The van der Waals surface area contributed by atoms with Crippen LogP contribution in [0.4, 0.5) is 10.6 Å². The number of carbonyl (C=O) groups excluding carboxylic acids is 2. The summed E-state index contributed by atoms with van der Waals surface area (Å²) in [5.74, 6) is -0.759. The molecule has 13 nitrogen and oxygen atoms in total. The van der Waals surface area contributed by atoms with Crippen molar-refractivity contribution < 1.29 is 28.5 Å². The highest BCUT2D eigenvalue weighted by molar-refractivity contribution is 6.06. The number of ether oxygens (including phenoxy) is 4. The lowest BCUT2D eigenvalue weighted by atomic mass is 9.79. The molecule has 3 aromatic rings. The number of likely N-dealkylation sites (tertiary alicyclic amines) is 2. The predicted octanol–water partition coefficient (Wildman–Crippen LogP) is 3.97. The van der Waals surface area contributed by atoms with E-state index in [4.69, 9.17) is 18.9 Å². The number of nitrogens with one attached hydrogen (secondary N) is 1. The standard InChI is InChI=1S/C32H41N7O6/c1-30(2,3)45-29(41)39-14-10-9-13-32(39)16-37(17-32)15-21-23-24(44-31(4,5)43-23)28(42-21)38-19-35-22-25(33-18-34-26(22)38)36-27(40)20-11-7-6-8-12-20/h6-8,11-12,18-19,21,23-24,28H,9-10,13-17H2,1-5H3,(H,33,34,36,40)/t21-,23-,24-,28-/m1/s1. The molecule has 2 aromatic heterocycles. The van der Waals surface area contributed by atoms with Crippen LogP contribution >= 0.6 is 0 Å². The van der Waals surface area contributed by atoms with Crippen LogP contribution in [0.5, 0.6) is 0 Å². The summed E-state index contributed by atoms with van der Waals surface area (Å²) in [5.41, 5.74) is 0.728. The van der Waals surface area contributed by atoms with Gasteiger partial charge in [-0.1, -0.05) is 18.2 Å². The Morgan fingerprint density at radius 2 is 1.80 bits per heavy atom. The van der Waals surface area contributed by atoms with Crippen molar-refractivity contribution in [3.63, 3.8) is 0 Å². The summed E-state index contributed by atoms with van der Waals surface area (Å²) in [5, 5.41) is 2.86. The lowest BCUT2D eigenvalue weighted by Gasteiger charge is -2.58. The van der Waals surface area contributed by atoms with Crippen LogP contribution in [0.15, 0.2) is 43.0 Å². The highest BCUT2D eigenvalue weighted by atomic mass is 16.8. The number of hydrogen-bond donors (Lipinski definition) is 1. The van der Waals surface area contributed by atoms with Crippen LogP contribution in [-0.4, -0.2) is 103 Å². The van der Waals surface area contributed by atoms with Crippen LogP contribution in [0.3, 0.4) is 0 Å². The third-order valence-electron chi connectivity index (χ3n) is 8.96. The van der Waals surface area contributed by atoms with Crippen molar-refractivity contribution in [1.29, 1.82) is 0 Å². The lowest BCUT2D eigenvalue weighted by Crippen LogP contribution is -2.73. The molecule has 240 valence electrons. The fraction of sp³-hybridized carbons (Fsp3) is 0.594. The van der Waals surface area contributed by atoms with E-state index in [1.807, 2.05) is 50.2 Å². The molecule has 6 heterocycles. The van der Waals surface area contributed by atoms with E-state index in [1.165, 1.54) is 6.33 Å². The Kier molecular flexibility index (Phi) is 7.34. The molecule has 4 fully saturated rings. The minimum absolute atomic E-state index is 0.220. The van der Waals surface area contributed by atoms with Crippen LogP contribution in [0.1, 0.15) is 70.5 Å². The number of anilines is 1. The van der Waals surface area contributed by atoms with Gasteiger partial charge < -0.3 is 24.3 Å². The summed E-state index contributed by atoms with van der Waals surface area (Å²) < 4.78 is 27.0. The number of aromatic nitrogens is 4. The molecule has 4 aliphatic heterocycles. The molecule has 13 heteroatoms. The fourth-order valence-corrected chi connectivity index (χ4v) is 7.13. The molecule has 0 saturated carbocycles. The molecule has 4 atom stereocenters. The maximum absolute atomic E-state index is 13.1. The first kappa shape index (κ1) is 30.0. The number of fused-ring (bicyclic) bond motifs is 2. The van der Waals surface area contributed by atoms with Gasteiger partial charge in [0.1, 0.15) is 30.2 Å². The third-order valence-corrected chi connectivity index (χ3v) is 8.96. The van der Waals surface area contributed by atoms with Crippen LogP contribution < -0.4 is 5.32 Å². The molecule has 4 saturated heterocycles. The van der Waals surface area contributed by atoms with Gasteiger partial charge in [-0.15, -0.1) is 0 Å². The van der Waals surface area contributed by atoms with Crippen molar-refractivity contribution in [3.05, 3.63) is 48.5 Å². The summed E-state index contributed by atoms with van der Waals surface area (Å²) in [6.07, 6.45) is 4.30. The van der Waals surface area contributed by atoms with Gasteiger partial charge in [0.05, 0.1) is 11.9 Å². The van der Waals surface area contributed by atoms with Gasteiger partial charge >= 0.3 is 6.09 Å². The molecular weight excluding hydrogens is 578 g/mol. The molecule has 0 bridgehead atoms. The van der Waals surface area contributed by atoms with E-state index in [1.54, 1.807) is 30.6 Å². The molecule has 7 rings (SSSR count). The van der Waals surface area contributed by atoms with E-state index in [9.17, 15) is 9.59 Å². The monoisotopic (exact) mass is 619 g/mol. The second kappa shape index (κ2) is 11.0. The van der Waals surface area contributed by atoms with Gasteiger partial charge in [0, 0.05) is 31.7 Å². The van der Waals surface area contributed by atoms with Gasteiger partial charge in [-0.3, -0.25) is 19.2 Å². The number of amides is 2. The average Bonchev–Trinajstić information content (AvgIpc) is 3.63. The Hall–Kier alpha value is -3.65. The molecular formula is C32H41N7O6. The van der Waals surface area contributed by atoms with E-state index in [0.717, 1.165) is 32.4 Å². The smallest absolute Gasteiger partial charge is 0.410 e. The van der Waals surface area contributed by atoms with Crippen molar-refractivity contribution in [1.82, 2.24) is 29.3 Å². The Labute approximate surface area is 262 Å². The summed E-state index contributed by atoms with van der Waals surface area (Å²) in [6.45, 7) is 12.4. The van der Waals surface area contributed by atoms with Crippen molar-refractivity contribution in [2.24, 2.45) is 0 Å². The molecule has 0 unspecified atom stereocenters. The maximum atomic E-state index is 13.1. The average molecular weight is 620 g/mol. The zero-order valence-corrected chi connectivity index (χ0v) is 26.4. The molecule has 2 amide bonds. The minimum Gasteiger partial charge on any atom is -0.444 e. The number of carbonyl (C=O) groups is 2. The summed E-state index contributed by atoms with van der Waals surface area (Å²) >= 11 is 0. The van der Waals surface area contributed by atoms with E-state index in [0.29, 0.717) is 35.6 Å². The minimum atomic E-state index is -0.789. The Morgan fingerprint density at radius 3 is 2.56 bits per heavy atom. The molecule has 0 aliphatic carbocycles. The van der Waals surface area contributed by atoms with Gasteiger partial charge in [-0.25, -0.2) is 19.7 Å². The second-order valence-corrected chi connectivity index (χ2v) is 14.0. The zero-order chi connectivity index (χ0) is 31.6. The van der Waals surface area contributed by atoms with Crippen LogP contribution in [0.25, 0.3) is 11.2 Å². The highest BCUT2D eigenvalue weighted by Gasteiger charge is 2.58. The van der Waals surface area contributed by atoms with Crippen LogP contribution in [0.2, 0.25) is 0 Å². The first-order chi connectivity index (χ1) is 21.4. The van der Waals surface area contributed by atoms with Crippen molar-refractivity contribution in [2.45, 2.75) is 95.3 Å². The van der Waals surface area contributed by atoms with E-state index < -0.39 is 23.7 Å². The van der Waals surface area contributed by atoms with E-state index in [2.05, 4.69) is 25.2 Å². The van der Waals surface area contributed by atoms with Crippen molar-refractivity contribution in [2.75, 3.05) is 31.5 Å². The van der Waals surface area contributed by atoms with Gasteiger partial charge in [0.25, 0.3) is 5.91 Å². The lowest BCUT2D eigenvalue weighted by molar-refractivity contribution is -0.201. The fourth-order valence-electron chi connectivity index (χ4n) is 7.13. The Bertz CT molecular complexity index is 1580. The molecule has 45 heavy (non-hydrogen) atoms. The topological polar surface area (TPSA) is 133 Å². The van der Waals surface area contributed by atoms with E-state index >= 15 is 0 Å². The van der Waals surface area contributed by atoms with E-state index in [-0.39, 0.29) is 29.7 Å². The molecule has 1 aromatic carbocycles. The number of hydrogen-bond acceptors (Lipinski definition) is 10. The predicted molar refractivity (Wildman–Crippen MR) is 163 cm³/mol. The van der Waals surface area contributed by atoms with Crippen molar-refractivity contribution in [3.8, 4) is 0 Å². The molecule has 1 spiro atoms. The summed E-state index contributed by atoms with van der Waals surface area (Å²) in [6, 6.07) is 8.94. The normalized spacial score (nSPS) is 27.4. The molecule has 0 radical (unpaired) electrons.